The Morgan fingerprint density at radius 2 is 1.92 bits per heavy atom. The Morgan fingerprint density at radius 3 is 2.42 bits per heavy atom. The SMILES string of the molecule is COC(=O)/C=C/c1ccc(O)c(O)c1.O=C(O)C1CCCC(O)C1. The monoisotopic (exact) mass is 338 g/mol. The molecule has 0 radical (unpaired) electrons. The predicted octanol–water partition coefficient (Wildman–Crippen LogP) is 1.91. The van der Waals surface area contributed by atoms with E-state index < -0.39 is 11.9 Å². The van der Waals surface area contributed by atoms with Gasteiger partial charge >= 0.3 is 11.9 Å². The van der Waals surface area contributed by atoms with Crippen LogP contribution in [0.2, 0.25) is 0 Å². The van der Waals surface area contributed by atoms with Crippen molar-refractivity contribution < 1.29 is 34.8 Å². The standard InChI is InChI=1S/C10H10O4.C7H12O3/c1-14-10(13)5-3-7-2-4-8(11)9(12)6-7;8-6-3-1-2-5(4-6)7(9)10/h2-6,11-12H,1H3;5-6,8H,1-4H2,(H,9,10)/b5-3+;. The second-order valence-corrected chi connectivity index (χ2v) is 5.46. The molecule has 1 aromatic rings. The van der Waals surface area contributed by atoms with Gasteiger partial charge < -0.3 is 25.2 Å². The van der Waals surface area contributed by atoms with Gasteiger partial charge in [0.1, 0.15) is 0 Å². The normalized spacial score (nSPS) is 20.1. The number of carbonyl (C=O) groups is 2. The van der Waals surface area contributed by atoms with Crippen molar-refractivity contribution in [2.24, 2.45) is 5.92 Å². The van der Waals surface area contributed by atoms with Gasteiger partial charge in [-0.2, -0.15) is 0 Å². The van der Waals surface area contributed by atoms with Crippen LogP contribution >= 0.6 is 0 Å². The lowest BCUT2D eigenvalue weighted by molar-refractivity contribution is -0.144. The summed E-state index contributed by atoms with van der Waals surface area (Å²) in [7, 11) is 1.28. The zero-order chi connectivity index (χ0) is 18.1. The number of aromatic hydroxyl groups is 2. The summed E-state index contributed by atoms with van der Waals surface area (Å²) in [4.78, 5) is 21.1. The van der Waals surface area contributed by atoms with Gasteiger partial charge in [0.25, 0.3) is 0 Å². The summed E-state index contributed by atoms with van der Waals surface area (Å²) in [5, 5.41) is 35.7. The van der Waals surface area contributed by atoms with E-state index in [-0.39, 0.29) is 23.5 Å². The molecule has 2 rings (SSSR count). The van der Waals surface area contributed by atoms with Gasteiger partial charge in [0.15, 0.2) is 11.5 Å². The van der Waals surface area contributed by atoms with Gasteiger partial charge in [-0.1, -0.05) is 12.5 Å². The fourth-order valence-corrected chi connectivity index (χ4v) is 2.26. The van der Waals surface area contributed by atoms with Crippen LogP contribution in [0.3, 0.4) is 0 Å². The van der Waals surface area contributed by atoms with Crippen molar-refractivity contribution in [1.29, 1.82) is 0 Å². The lowest BCUT2D eigenvalue weighted by Crippen LogP contribution is -2.25. The minimum Gasteiger partial charge on any atom is -0.504 e. The Morgan fingerprint density at radius 1 is 1.21 bits per heavy atom. The number of esters is 1. The molecular weight excluding hydrogens is 316 g/mol. The average molecular weight is 338 g/mol. The minimum absolute atomic E-state index is 0.194. The van der Waals surface area contributed by atoms with Crippen LogP contribution < -0.4 is 0 Å². The maximum atomic E-state index is 10.7. The van der Waals surface area contributed by atoms with Crippen LogP contribution in [0.15, 0.2) is 24.3 Å². The van der Waals surface area contributed by atoms with Gasteiger partial charge in [-0.15, -0.1) is 0 Å². The van der Waals surface area contributed by atoms with Crippen molar-refractivity contribution >= 4 is 18.0 Å². The molecule has 2 atom stereocenters. The number of rotatable bonds is 3. The van der Waals surface area contributed by atoms with Crippen LogP contribution in [-0.4, -0.2) is 45.6 Å². The van der Waals surface area contributed by atoms with E-state index in [4.69, 9.17) is 20.4 Å². The molecule has 0 heterocycles. The van der Waals surface area contributed by atoms with Gasteiger partial charge in [0.2, 0.25) is 0 Å². The first-order valence-electron chi connectivity index (χ1n) is 7.52. The van der Waals surface area contributed by atoms with Gasteiger partial charge in [-0.05, 0) is 43.0 Å². The lowest BCUT2D eigenvalue weighted by atomic mass is 9.87. The van der Waals surface area contributed by atoms with Gasteiger partial charge in [0.05, 0.1) is 19.1 Å². The Bertz CT molecular complexity index is 595. The third-order valence-electron chi connectivity index (χ3n) is 3.61. The average Bonchev–Trinajstić information content (AvgIpc) is 2.56. The molecule has 0 aliphatic heterocycles. The molecule has 7 nitrogen and oxygen atoms in total. The fourth-order valence-electron chi connectivity index (χ4n) is 2.26. The molecule has 0 spiro atoms. The van der Waals surface area contributed by atoms with E-state index in [1.165, 1.54) is 31.4 Å². The molecule has 132 valence electrons. The van der Waals surface area contributed by atoms with Crippen molar-refractivity contribution in [2.75, 3.05) is 7.11 Å². The first kappa shape index (κ1) is 19.5. The van der Waals surface area contributed by atoms with Crippen LogP contribution in [0.25, 0.3) is 6.08 Å². The molecule has 2 unspecified atom stereocenters. The van der Waals surface area contributed by atoms with E-state index in [0.29, 0.717) is 12.0 Å². The number of aliphatic hydroxyl groups is 1. The molecule has 4 N–H and O–H groups in total. The number of phenols is 2. The lowest BCUT2D eigenvalue weighted by Gasteiger charge is -2.21. The zero-order valence-corrected chi connectivity index (χ0v) is 13.4. The molecule has 1 aliphatic carbocycles. The number of carboxylic acid groups (broad SMARTS) is 1. The van der Waals surface area contributed by atoms with Crippen molar-refractivity contribution in [3.63, 3.8) is 0 Å². The summed E-state index contributed by atoms with van der Waals surface area (Å²) in [5.74, 6) is -1.96. The molecule has 7 heteroatoms. The summed E-state index contributed by atoms with van der Waals surface area (Å²) in [6.45, 7) is 0. The van der Waals surface area contributed by atoms with Gasteiger partial charge in [0, 0.05) is 6.08 Å². The zero-order valence-electron chi connectivity index (χ0n) is 13.4. The highest BCUT2D eigenvalue weighted by Crippen LogP contribution is 2.25. The van der Waals surface area contributed by atoms with Gasteiger partial charge in [-0.25, -0.2) is 4.79 Å². The van der Waals surface area contributed by atoms with Crippen molar-refractivity contribution in [3.05, 3.63) is 29.8 Å². The van der Waals surface area contributed by atoms with E-state index in [1.807, 2.05) is 0 Å². The van der Waals surface area contributed by atoms with Crippen molar-refractivity contribution in [1.82, 2.24) is 0 Å². The Balaban J connectivity index is 0.000000254. The molecule has 0 saturated heterocycles. The number of aliphatic carboxylic acids is 1. The Hall–Kier alpha value is -2.54. The summed E-state index contributed by atoms with van der Waals surface area (Å²) in [6, 6.07) is 4.25. The van der Waals surface area contributed by atoms with E-state index in [0.717, 1.165) is 19.3 Å². The fraction of sp³-hybridized carbons (Fsp3) is 0.412. The summed E-state index contributed by atoms with van der Waals surface area (Å²) in [6.07, 6.45) is 5.11. The number of methoxy groups -OCH3 is 1. The van der Waals surface area contributed by atoms with Gasteiger partial charge in [-0.3, -0.25) is 4.79 Å². The van der Waals surface area contributed by atoms with E-state index in [9.17, 15) is 9.59 Å². The quantitative estimate of drug-likeness (QED) is 0.377. The number of benzene rings is 1. The molecule has 0 amide bonds. The van der Waals surface area contributed by atoms with E-state index in [2.05, 4.69) is 4.74 Å². The number of ether oxygens (including phenoxy) is 1. The van der Waals surface area contributed by atoms with E-state index >= 15 is 0 Å². The number of carboxylic acids is 1. The highest BCUT2D eigenvalue weighted by atomic mass is 16.5. The second kappa shape index (κ2) is 9.57. The Labute approximate surface area is 139 Å². The number of aliphatic hydroxyl groups excluding tert-OH is 1. The van der Waals surface area contributed by atoms with Crippen LogP contribution in [-0.2, 0) is 14.3 Å². The number of hydrogen-bond acceptors (Lipinski definition) is 6. The molecule has 24 heavy (non-hydrogen) atoms. The number of carbonyl (C=O) groups excluding carboxylic acids is 1. The van der Waals surface area contributed by atoms with Crippen LogP contribution in [0.5, 0.6) is 11.5 Å². The van der Waals surface area contributed by atoms with Crippen LogP contribution in [0.1, 0.15) is 31.2 Å². The maximum absolute atomic E-state index is 10.7. The first-order chi connectivity index (χ1) is 11.3. The summed E-state index contributed by atoms with van der Waals surface area (Å²) >= 11 is 0. The van der Waals surface area contributed by atoms with Crippen molar-refractivity contribution in [3.8, 4) is 11.5 Å². The highest BCUT2D eigenvalue weighted by Gasteiger charge is 2.25. The molecule has 0 aromatic heterocycles. The largest absolute Gasteiger partial charge is 0.504 e. The number of phenolic OH excluding ortho intramolecular Hbond substituents is 2. The molecule has 1 fully saturated rings. The summed E-state index contributed by atoms with van der Waals surface area (Å²) in [5.41, 5.74) is 0.603. The Kier molecular flexibility index (Phi) is 7.77. The van der Waals surface area contributed by atoms with Crippen molar-refractivity contribution in [2.45, 2.75) is 31.8 Å². The summed E-state index contributed by atoms with van der Waals surface area (Å²) < 4.78 is 4.39. The minimum atomic E-state index is -0.765. The van der Waals surface area contributed by atoms with Crippen LogP contribution in [0.4, 0.5) is 0 Å². The molecule has 0 bridgehead atoms. The second-order valence-electron chi connectivity index (χ2n) is 5.46. The third-order valence-corrected chi connectivity index (χ3v) is 3.61. The van der Waals surface area contributed by atoms with E-state index in [1.54, 1.807) is 6.07 Å². The number of hydrogen-bond donors (Lipinski definition) is 4. The molecule has 1 aromatic carbocycles. The van der Waals surface area contributed by atoms with Crippen LogP contribution in [0, 0.1) is 5.92 Å². The topological polar surface area (TPSA) is 124 Å². The molecule has 1 aliphatic rings. The first-order valence-corrected chi connectivity index (χ1v) is 7.52. The molecule has 1 saturated carbocycles. The third kappa shape index (κ3) is 6.70. The predicted molar refractivity (Wildman–Crippen MR) is 86.4 cm³/mol. The smallest absolute Gasteiger partial charge is 0.330 e. The highest BCUT2D eigenvalue weighted by molar-refractivity contribution is 5.87. The molecular formula is C17H22O7. The maximum Gasteiger partial charge on any atom is 0.330 e.